The van der Waals surface area contributed by atoms with E-state index in [9.17, 15) is 5.11 Å². The van der Waals surface area contributed by atoms with Crippen molar-refractivity contribution in [1.29, 1.82) is 0 Å². The maximum atomic E-state index is 10.0. The van der Waals surface area contributed by atoms with Crippen molar-refractivity contribution in [3.05, 3.63) is 41.4 Å². The molecule has 3 nitrogen and oxygen atoms in total. The molecule has 3 aromatic rings. The van der Waals surface area contributed by atoms with Gasteiger partial charge >= 0.3 is 0 Å². The Balaban J connectivity index is 2.08. The lowest BCUT2D eigenvalue weighted by Gasteiger charge is -2.09. The number of benzene rings is 1. The highest BCUT2D eigenvalue weighted by molar-refractivity contribution is 7.17. The Morgan fingerprint density at radius 2 is 2.05 bits per heavy atom. The number of aromatic hydroxyl groups is 1. The molecular weight excluding hydrogens is 256 g/mol. The van der Waals surface area contributed by atoms with Gasteiger partial charge in [-0.1, -0.05) is 26.0 Å². The first-order valence-corrected chi connectivity index (χ1v) is 7.06. The van der Waals surface area contributed by atoms with Crippen molar-refractivity contribution >= 4 is 21.6 Å². The molecule has 0 aliphatic heterocycles. The molecule has 0 aliphatic carbocycles. The second-order valence-electron chi connectivity index (χ2n) is 4.79. The summed E-state index contributed by atoms with van der Waals surface area (Å²) in [7, 11) is 0. The maximum Gasteiger partial charge on any atom is 0.159 e. The van der Waals surface area contributed by atoms with Gasteiger partial charge < -0.3 is 5.11 Å². The lowest BCUT2D eigenvalue weighted by Crippen LogP contribution is -1.91. The summed E-state index contributed by atoms with van der Waals surface area (Å²) in [5.74, 6) is 1.26. The molecule has 0 unspecified atom stereocenters. The molecule has 1 aromatic carbocycles. The van der Waals surface area contributed by atoms with Crippen molar-refractivity contribution < 1.29 is 5.11 Å². The lowest BCUT2D eigenvalue weighted by molar-refractivity contribution is 0.465. The van der Waals surface area contributed by atoms with Gasteiger partial charge in [0.25, 0.3) is 0 Å². The number of hydrogen-bond donors (Lipinski definition) is 1. The van der Waals surface area contributed by atoms with E-state index in [0.29, 0.717) is 17.5 Å². The van der Waals surface area contributed by atoms with E-state index < -0.39 is 0 Å². The lowest BCUT2D eigenvalue weighted by atomic mass is 10.00. The Labute approximate surface area is 115 Å². The third kappa shape index (κ3) is 2.19. The summed E-state index contributed by atoms with van der Waals surface area (Å²) >= 11 is 1.63. The van der Waals surface area contributed by atoms with Crippen LogP contribution in [0.4, 0.5) is 0 Å². The fourth-order valence-corrected chi connectivity index (χ4v) is 2.77. The predicted molar refractivity (Wildman–Crippen MR) is 78.6 cm³/mol. The largest absolute Gasteiger partial charge is 0.508 e. The molecule has 2 heterocycles. The van der Waals surface area contributed by atoms with Crippen LogP contribution in [0.25, 0.3) is 21.6 Å². The maximum absolute atomic E-state index is 10.0. The minimum absolute atomic E-state index is 0.300. The van der Waals surface area contributed by atoms with Gasteiger partial charge in [0.2, 0.25) is 0 Å². The van der Waals surface area contributed by atoms with Crippen LogP contribution in [0.15, 0.2) is 35.8 Å². The van der Waals surface area contributed by atoms with Crippen molar-refractivity contribution in [3.63, 3.8) is 0 Å². The molecule has 19 heavy (non-hydrogen) atoms. The molecule has 2 aromatic heterocycles. The van der Waals surface area contributed by atoms with E-state index in [4.69, 9.17) is 0 Å². The summed E-state index contributed by atoms with van der Waals surface area (Å²) in [6, 6.07) is 7.62. The average molecular weight is 270 g/mol. The molecule has 0 spiro atoms. The molecule has 0 radical (unpaired) electrons. The second-order valence-corrected chi connectivity index (χ2v) is 5.74. The van der Waals surface area contributed by atoms with Crippen LogP contribution in [0.5, 0.6) is 5.75 Å². The van der Waals surface area contributed by atoms with Crippen LogP contribution < -0.4 is 0 Å². The number of phenols is 1. The molecule has 0 saturated heterocycles. The van der Waals surface area contributed by atoms with Crippen molar-refractivity contribution in [1.82, 2.24) is 9.97 Å². The van der Waals surface area contributed by atoms with E-state index >= 15 is 0 Å². The first-order chi connectivity index (χ1) is 9.15. The smallest absolute Gasteiger partial charge is 0.159 e. The fraction of sp³-hybridized carbons (Fsp3) is 0.200. The number of hydrogen-bond acceptors (Lipinski definition) is 4. The Morgan fingerprint density at radius 1 is 1.21 bits per heavy atom. The van der Waals surface area contributed by atoms with Gasteiger partial charge in [0.05, 0.1) is 10.2 Å². The second kappa shape index (κ2) is 4.63. The van der Waals surface area contributed by atoms with Gasteiger partial charge in [0.15, 0.2) is 5.82 Å². The molecule has 0 atom stereocenters. The van der Waals surface area contributed by atoms with E-state index in [1.165, 1.54) is 0 Å². The highest BCUT2D eigenvalue weighted by atomic mass is 32.1. The number of aromatic nitrogens is 2. The molecule has 0 fully saturated rings. The standard InChI is InChI=1S/C15H14N2OS/c1-9(2)11-4-3-10(7-13(11)18)15-16-8-14-12(17-15)5-6-19-14/h3-9,18H,1-2H3. The van der Waals surface area contributed by atoms with Crippen LogP contribution in [0.2, 0.25) is 0 Å². The Kier molecular flexibility index (Phi) is 2.95. The molecule has 0 aliphatic rings. The molecule has 0 saturated carbocycles. The van der Waals surface area contributed by atoms with E-state index in [1.807, 2.05) is 29.8 Å². The monoisotopic (exact) mass is 270 g/mol. The minimum Gasteiger partial charge on any atom is -0.508 e. The van der Waals surface area contributed by atoms with E-state index in [1.54, 1.807) is 17.4 Å². The first-order valence-electron chi connectivity index (χ1n) is 6.18. The van der Waals surface area contributed by atoms with Gasteiger partial charge in [-0.25, -0.2) is 9.97 Å². The number of rotatable bonds is 2. The molecule has 3 rings (SSSR count). The fourth-order valence-electron chi connectivity index (χ4n) is 2.08. The van der Waals surface area contributed by atoms with Crippen molar-refractivity contribution in [2.24, 2.45) is 0 Å². The zero-order chi connectivity index (χ0) is 13.4. The van der Waals surface area contributed by atoms with E-state index in [2.05, 4.69) is 23.8 Å². The van der Waals surface area contributed by atoms with E-state index in [-0.39, 0.29) is 0 Å². The summed E-state index contributed by atoms with van der Waals surface area (Å²) in [6.45, 7) is 4.12. The summed E-state index contributed by atoms with van der Waals surface area (Å²) in [6.07, 6.45) is 1.83. The zero-order valence-corrected chi connectivity index (χ0v) is 11.6. The molecule has 96 valence electrons. The summed E-state index contributed by atoms with van der Waals surface area (Å²) in [4.78, 5) is 8.86. The molecule has 4 heteroatoms. The van der Waals surface area contributed by atoms with Gasteiger partial charge in [0.1, 0.15) is 5.75 Å². The number of thiophene rings is 1. The Hall–Kier alpha value is -1.94. The summed E-state index contributed by atoms with van der Waals surface area (Å²) < 4.78 is 1.08. The highest BCUT2D eigenvalue weighted by Crippen LogP contribution is 2.30. The zero-order valence-electron chi connectivity index (χ0n) is 10.8. The molecule has 0 bridgehead atoms. The summed E-state index contributed by atoms with van der Waals surface area (Å²) in [5.41, 5.74) is 2.73. The first kappa shape index (κ1) is 12.1. The number of phenolic OH excluding ortho intramolecular Hbond substituents is 1. The van der Waals surface area contributed by atoms with Crippen LogP contribution in [0, 0.1) is 0 Å². The molecular formula is C15H14N2OS. The quantitative estimate of drug-likeness (QED) is 0.759. The van der Waals surface area contributed by atoms with Crippen molar-refractivity contribution in [3.8, 4) is 17.1 Å². The number of fused-ring (bicyclic) bond motifs is 1. The van der Waals surface area contributed by atoms with Crippen molar-refractivity contribution in [2.75, 3.05) is 0 Å². The van der Waals surface area contributed by atoms with Crippen molar-refractivity contribution in [2.45, 2.75) is 19.8 Å². The molecule has 1 N–H and O–H groups in total. The van der Waals surface area contributed by atoms with Gasteiger partial charge in [-0.15, -0.1) is 11.3 Å². The average Bonchev–Trinajstić information content (AvgIpc) is 2.85. The van der Waals surface area contributed by atoms with E-state index in [0.717, 1.165) is 21.3 Å². The normalized spacial score (nSPS) is 11.3. The van der Waals surface area contributed by atoms with Crippen LogP contribution in [0.1, 0.15) is 25.3 Å². The predicted octanol–water partition coefficient (Wildman–Crippen LogP) is 4.19. The minimum atomic E-state index is 0.300. The topological polar surface area (TPSA) is 46.0 Å². The van der Waals surface area contributed by atoms with Crippen LogP contribution >= 0.6 is 11.3 Å². The van der Waals surface area contributed by atoms with Crippen LogP contribution in [-0.2, 0) is 0 Å². The van der Waals surface area contributed by atoms with Gasteiger partial charge in [-0.3, -0.25) is 0 Å². The van der Waals surface area contributed by atoms with Gasteiger partial charge in [-0.2, -0.15) is 0 Å². The summed E-state index contributed by atoms with van der Waals surface area (Å²) in [5, 5.41) is 12.0. The van der Waals surface area contributed by atoms with Crippen LogP contribution in [-0.4, -0.2) is 15.1 Å². The third-order valence-electron chi connectivity index (χ3n) is 3.11. The third-order valence-corrected chi connectivity index (χ3v) is 3.96. The van der Waals surface area contributed by atoms with Gasteiger partial charge in [-0.05, 0) is 29.0 Å². The van der Waals surface area contributed by atoms with Crippen LogP contribution in [0.3, 0.4) is 0 Å². The Morgan fingerprint density at radius 3 is 2.79 bits per heavy atom. The van der Waals surface area contributed by atoms with Gasteiger partial charge in [0, 0.05) is 11.8 Å². The SMILES string of the molecule is CC(C)c1ccc(-c2ncc3sccc3n2)cc1O. The Bertz CT molecular complexity index is 734. The highest BCUT2D eigenvalue weighted by Gasteiger charge is 2.09. The number of nitrogens with zero attached hydrogens (tertiary/aromatic N) is 2. The molecule has 0 amide bonds.